The fraction of sp³-hybridized carbons (Fsp3) is 0.350. The Bertz CT molecular complexity index is 1150. The number of nitrogen functional groups attached to an aromatic ring is 2. The van der Waals surface area contributed by atoms with Crippen molar-refractivity contribution in [2.75, 3.05) is 37.6 Å². The van der Waals surface area contributed by atoms with Gasteiger partial charge in [-0.05, 0) is 25.0 Å². The first-order chi connectivity index (χ1) is 16.3. The third-order valence-corrected chi connectivity index (χ3v) is 5.98. The summed E-state index contributed by atoms with van der Waals surface area (Å²) in [4.78, 5) is 38.5. The summed E-state index contributed by atoms with van der Waals surface area (Å²) in [5.41, 5.74) is 14.3. The normalized spacial score (nSPS) is 21.1. The van der Waals surface area contributed by atoms with Crippen LogP contribution < -0.4 is 27.5 Å². The number of carbonyl (C=O) groups excluding carboxylic acids is 2. The molecule has 14 heteroatoms. The molecule has 0 saturated carbocycles. The number of hydrogen-bond donors (Lipinski definition) is 6. The highest BCUT2D eigenvalue weighted by Crippen LogP contribution is 2.25. The summed E-state index contributed by atoms with van der Waals surface area (Å²) >= 11 is 5.84. The van der Waals surface area contributed by atoms with Gasteiger partial charge in [-0.3, -0.25) is 20.4 Å². The number of hydrogen-bond acceptors (Lipinski definition) is 9. The number of nitrogens with one attached hydrogen (secondary N) is 4. The largest absolute Gasteiger partial charge is 0.382 e. The summed E-state index contributed by atoms with van der Waals surface area (Å²) in [6.45, 7) is 1.67. The molecule has 0 bridgehead atoms. The van der Waals surface area contributed by atoms with Gasteiger partial charge in [0, 0.05) is 19.6 Å². The fourth-order valence-corrected chi connectivity index (χ4v) is 3.90. The van der Waals surface area contributed by atoms with Crippen LogP contribution in [-0.2, 0) is 4.79 Å². The third kappa shape index (κ3) is 4.98. The molecule has 4 rings (SSSR count). The topological polar surface area (TPSA) is 200 Å². The number of aromatic nitrogens is 2. The molecular weight excluding hydrogens is 462 g/mol. The van der Waals surface area contributed by atoms with E-state index in [9.17, 15) is 9.59 Å². The average molecular weight is 486 g/mol. The Balaban J connectivity index is 1.29. The van der Waals surface area contributed by atoms with Gasteiger partial charge in [0.1, 0.15) is 12.3 Å². The first kappa shape index (κ1) is 23.2. The molecule has 3 heterocycles. The van der Waals surface area contributed by atoms with Gasteiger partial charge in [0.05, 0.1) is 11.3 Å². The maximum atomic E-state index is 12.5. The smallest absolute Gasteiger partial charge is 0.302 e. The molecule has 0 radical (unpaired) electrons. The molecule has 2 amide bonds. The van der Waals surface area contributed by atoms with Gasteiger partial charge in [-0.25, -0.2) is 9.97 Å². The van der Waals surface area contributed by atoms with E-state index in [2.05, 4.69) is 36.1 Å². The van der Waals surface area contributed by atoms with Gasteiger partial charge < -0.3 is 27.0 Å². The number of halogens is 1. The minimum atomic E-state index is -0.698. The number of guanidine groups is 1. The molecule has 8 N–H and O–H groups in total. The SMILES string of the molecule is N=C1C=CC=C/C1=N/NCC(=O)N1CCC2(CC1)CN/C(=N\C(=O)c1nc(Cl)c(N)nc1N)N2. The van der Waals surface area contributed by atoms with E-state index in [4.69, 9.17) is 28.5 Å². The first-order valence-corrected chi connectivity index (χ1v) is 10.9. The van der Waals surface area contributed by atoms with Crippen LogP contribution in [-0.4, -0.2) is 75.8 Å². The molecule has 34 heavy (non-hydrogen) atoms. The van der Waals surface area contributed by atoms with Crippen LogP contribution in [0.4, 0.5) is 11.6 Å². The number of allylic oxidation sites excluding steroid dienone is 4. The Hall–Kier alpha value is -4.00. The predicted octanol–water partition coefficient (Wildman–Crippen LogP) is -0.564. The van der Waals surface area contributed by atoms with Gasteiger partial charge in [-0.1, -0.05) is 23.8 Å². The van der Waals surface area contributed by atoms with Crippen molar-refractivity contribution in [1.29, 1.82) is 5.41 Å². The standard InChI is InChI=1S/C20H24ClN11O2/c21-15-17(24)28-16(23)14(27-15)18(34)29-19-25-10-20(30-19)5-7-32(8-6-20)13(33)9-26-31-12-4-2-1-3-11(12)22/h1-4,22,26H,5-10H2,(H4,23,24,28)(H2,25,29,30,34)/b22-11?,31-12-. The van der Waals surface area contributed by atoms with Crippen LogP contribution in [0.2, 0.25) is 5.15 Å². The molecule has 1 spiro atoms. The monoisotopic (exact) mass is 485 g/mol. The molecule has 0 atom stereocenters. The molecule has 1 aromatic heterocycles. The number of carbonyl (C=O) groups is 2. The number of likely N-dealkylation sites (tertiary alicyclic amines) is 1. The second-order valence-corrected chi connectivity index (χ2v) is 8.36. The molecule has 0 unspecified atom stereocenters. The summed E-state index contributed by atoms with van der Waals surface area (Å²) < 4.78 is 0. The predicted molar refractivity (Wildman–Crippen MR) is 129 cm³/mol. The number of hydrazone groups is 1. The number of nitrogens with two attached hydrogens (primary N) is 2. The van der Waals surface area contributed by atoms with Crippen LogP contribution >= 0.6 is 11.6 Å². The lowest BCUT2D eigenvalue weighted by Crippen LogP contribution is -2.54. The van der Waals surface area contributed by atoms with Crippen LogP contribution in [0.25, 0.3) is 0 Å². The van der Waals surface area contributed by atoms with E-state index in [-0.39, 0.29) is 46.2 Å². The zero-order valence-electron chi connectivity index (χ0n) is 18.1. The maximum Gasteiger partial charge on any atom is 0.302 e. The Morgan fingerprint density at radius 3 is 2.68 bits per heavy atom. The van der Waals surface area contributed by atoms with Crippen molar-refractivity contribution in [3.05, 3.63) is 35.2 Å². The van der Waals surface area contributed by atoms with Crippen molar-refractivity contribution in [1.82, 2.24) is 30.9 Å². The summed E-state index contributed by atoms with van der Waals surface area (Å²) in [7, 11) is 0. The summed E-state index contributed by atoms with van der Waals surface area (Å²) in [6, 6.07) is 0. The quantitative estimate of drug-likeness (QED) is 0.238. The van der Waals surface area contributed by atoms with E-state index in [0.29, 0.717) is 44.1 Å². The van der Waals surface area contributed by atoms with Gasteiger partial charge >= 0.3 is 5.91 Å². The Kier molecular flexibility index (Phi) is 6.45. The van der Waals surface area contributed by atoms with Crippen molar-refractivity contribution < 1.29 is 9.59 Å². The highest BCUT2D eigenvalue weighted by atomic mass is 35.5. The lowest BCUT2D eigenvalue weighted by atomic mass is 9.88. The van der Waals surface area contributed by atoms with E-state index >= 15 is 0 Å². The maximum absolute atomic E-state index is 12.5. The van der Waals surface area contributed by atoms with Crippen molar-refractivity contribution in [2.45, 2.75) is 18.4 Å². The van der Waals surface area contributed by atoms with E-state index < -0.39 is 5.91 Å². The number of nitrogens with zero attached hydrogens (tertiary/aromatic N) is 5. The number of amides is 2. The summed E-state index contributed by atoms with van der Waals surface area (Å²) in [6.07, 6.45) is 8.21. The minimum absolute atomic E-state index is 0.0425. The minimum Gasteiger partial charge on any atom is -0.382 e. The lowest BCUT2D eigenvalue weighted by molar-refractivity contribution is -0.131. The number of aliphatic imine (C=N–C) groups is 1. The fourth-order valence-electron chi connectivity index (χ4n) is 3.77. The van der Waals surface area contributed by atoms with E-state index in [1.165, 1.54) is 0 Å². The third-order valence-electron chi connectivity index (χ3n) is 5.71. The molecular formula is C20H24ClN11O2. The number of piperidine rings is 1. The molecule has 2 fully saturated rings. The van der Waals surface area contributed by atoms with Gasteiger partial charge in [0.25, 0.3) is 0 Å². The molecule has 2 aliphatic heterocycles. The van der Waals surface area contributed by atoms with E-state index in [0.717, 1.165) is 0 Å². The molecule has 1 aliphatic carbocycles. The van der Waals surface area contributed by atoms with Crippen LogP contribution in [0, 0.1) is 5.41 Å². The van der Waals surface area contributed by atoms with Crippen molar-refractivity contribution in [3.8, 4) is 0 Å². The van der Waals surface area contributed by atoms with Crippen molar-refractivity contribution in [3.63, 3.8) is 0 Å². The zero-order chi connectivity index (χ0) is 24.3. The van der Waals surface area contributed by atoms with Gasteiger partial charge in [0.2, 0.25) is 5.91 Å². The molecule has 3 aliphatic rings. The second-order valence-electron chi connectivity index (χ2n) is 8.00. The van der Waals surface area contributed by atoms with Crippen LogP contribution in [0.1, 0.15) is 23.3 Å². The van der Waals surface area contributed by atoms with E-state index in [1.54, 1.807) is 29.2 Å². The molecule has 178 valence electrons. The van der Waals surface area contributed by atoms with E-state index in [1.807, 2.05) is 0 Å². The Labute approximate surface area is 199 Å². The highest BCUT2D eigenvalue weighted by molar-refractivity contribution is 6.49. The van der Waals surface area contributed by atoms with Crippen LogP contribution in [0.3, 0.4) is 0 Å². The first-order valence-electron chi connectivity index (χ1n) is 10.5. The van der Waals surface area contributed by atoms with Crippen molar-refractivity contribution in [2.24, 2.45) is 10.1 Å². The Morgan fingerprint density at radius 1 is 1.21 bits per heavy atom. The highest BCUT2D eigenvalue weighted by Gasteiger charge is 2.40. The van der Waals surface area contributed by atoms with Crippen LogP contribution in [0.15, 0.2) is 34.4 Å². The summed E-state index contributed by atoms with van der Waals surface area (Å²) in [5, 5.41) is 18.1. The molecule has 13 nitrogen and oxygen atoms in total. The van der Waals surface area contributed by atoms with Gasteiger partial charge in [0.15, 0.2) is 28.4 Å². The Morgan fingerprint density at radius 2 is 1.94 bits per heavy atom. The lowest BCUT2D eigenvalue weighted by Gasteiger charge is -2.38. The zero-order valence-corrected chi connectivity index (χ0v) is 18.9. The molecule has 1 aromatic rings. The molecule has 0 aromatic carbocycles. The number of rotatable bonds is 4. The van der Waals surface area contributed by atoms with Gasteiger partial charge in [-0.15, -0.1) is 0 Å². The second kappa shape index (κ2) is 9.47. The molecule has 2 saturated heterocycles. The van der Waals surface area contributed by atoms with Crippen LogP contribution in [0.5, 0.6) is 0 Å². The van der Waals surface area contributed by atoms with Crippen molar-refractivity contribution >= 4 is 52.4 Å². The summed E-state index contributed by atoms with van der Waals surface area (Å²) in [5.74, 6) is -0.692. The number of anilines is 2. The average Bonchev–Trinajstić information content (AvgIpc) is 3.19. The van der Waals surface area contributed by atoms with Gasteiger partial charge in [-0.2, -0.15) is 10.1 Å².